The van der Waals surface area contributed by atoms with Crippen molar-refractivity contribution < 1.29 is 28.5 Å². The zero-order valence-electron chi connectivity index (χ0n) is 16.2. The first-order chi connectivity index (χ1) is 11.9. The van der Waals surface area contributed by atoms with Crippen LogP contribution in [-0.4, -0.2) is 44.7 Å². The third-order valence-corrected chi connectivity index (χ3v) is 4.63. The van der Waals surface area contributed by atoms with Gasteiger partial charge in [-0.15, -0.1) is 0 Å². The summed E-state index contributed by atoms with van der Waals surface area (Å²) < 4.78 is 21.5. The molecule has 0 aromatic heterocycles. The number of carbonyl (C=O) groups excluding carboxylic acids is 2. The number of esters is 2. The Morgan fingerprint density at radius 1 is 1.08 bits per heavy atom. The molecule has 0 radical (unpaired) electrons. The zero-order valence-corrected chi connectivity index (χ0v) is 16.2. The van der Waals surface area contributed by atoms with Gasteiger partial charge in [-0.2, -0.15) is 0 Å². The highest BCUT2D eigenvalue weighted by atomic mass is 16.7. The van der Waals surface area contributed by atoms with Gasteiger partial charge in [0, 0.05) is 12.8 Å². The Bertz CT molecular complexity index is 401. The summed E-state index contributed by atoms with van der Waals surface area (Å²) in [7, 11) is 0. The molecular weight excluding hydrogens is 324 g/mol. The second-order valence-electron chi connectivity index (χ2n) is 7.24. The molecule has 0 aromatic rings. The van der Waals surface area contributed by atoms with E-state index in [1.807, 2.05) is 20.8 Å². The molecule has 0 N–H and O–H groups in total. The van der Waals surface area contributed by atoms with Crippen LogP contribution < -0.4 is 0 Å². The summed E-state index contributed by atoms with van der Waals surface area (Å²) in [6.07, 6.45) is 3.54. The van der Waals surface area contributed by atoms with Gasteiger partial charge in [0.15, 0.2) is 0 Å². The molecule has 1 unspecified atom stereocenters. The van der Waals surface area contributed by atoms with Crippen LogP contribution in [0.15, 0.2) is 0 Å². The van der Waals surface area contributed by atoms with E-state index in [0.717, 1.165) is 19.3 Å². The normalized spacial score (nSPS) is 18.0. The molecule has 0 amide bonds. The Hall–Kier alpha value is -1.14. The number of rotatable bonds is 11. The molecule has 1 rings (SSSR count). The minimum atomic E-state index is -0.292. The third-order valence-electron chi connectivity index (χ3n) is 4.63. The molecule has 1 aliphatic heterocycles. The van der Waals surface area contributed by atoms with Crippen LogP contribution in [0.4, 0.5) is 0 Å². The van der Waals surface area contributed by atoms with Crippen molar-refractivity contribution in [3.05, 3.63) is 0 Å². The van der Waals surface area contributed by atoms with E-state index < -0.39 is 0 Å². The average Bonchev–Trinajstić information content (AvgIpc) is 2.60. The Balaban J connectivity index is 2.24. The predicted molar refractivity (Wildman–Crippen MR) is 93.9 cm³/mol. The van der Waals surface area contributed by atoms with Crippen LogP contribution in [0.3, 0.4) is 0 Å². The molecule has 1 fully saturated rings. The maximum Gasteiger partial charge on any atom is 0.306 e. The largest absolute Gasteiger partial charge is 0.465 e. The lowest BCUT2D eigenvalue weighted by Crippen LogP contribution is -2.41. The van der Waals surface area contributed by atoms with E-state index in [1.54, 1.807) is 0 Å². The minimum absolute atomic E-state index is 0.0415. The van der Waals surface area contributed by atoms with Gasteiger partial charge in [0.05, 0.1) is 18.6 Å². The van der Waals surface area contributed by atoms with E-state index in [9.17, 15) is 9.59 Å². The summed E-state index contributed by atoms with van der Waals surface area (Å²) in [5.41, 5.74) is -0.253. The van der Waals surface area contributed by atoms with Crippen molar-refractivity contribution in [3.63, 3.8) is 0 Å². The monoisotopic (exact) mass is 358 g/mol. The summed E-state index contributed by atoms with van der Waals surface area (Å²) in [6.45, 7) is 9.87. The van der Waals surface area contributed by atoms with Gasteiger partial charge in [0.1, 0.15) is 19.5 Å². The van der Waals surface area contributed by atoms with Crippen molar-refractivity contribution in [1.29, 1.82) is 0 Å². The first-order valence-corrected chi connectivity index (χ1v) is 9.43. The van der Waals surface area contributed by atoms with Crippen LogP contribution >= 0.6 is 0 Å². The van der Waals surface area contributed by atoms with Crippen molar-refractivity contribution >= 4 is 11.9 Å². The first-order valence-electron chi connectivity index (χ1n) is 9.43. The Morgan fingerprint density at radius 3 is 2.28 bits per heavy atom. The van der Waals surface area contributed by atoms with Crippen LogP contribution in [0.2, 0.25) is 0 Å². The van der Waals surface area contributed by atoms with Crippen LogP contribution in [0, 0.1) is 11.3 Å². The second-order valence-corrected chi connectivity index (χ2v) is 7.24. The van der Waals surface area contributed by atoms with Crippen molar-refractivity contribution in [3.8, 4) is 0 Å². The third kappa shape index (κ3) is 8.19. The van der Waals surface area contributed by atoms with Gasteiger partial charge in [-0.1, -0.05) is 34.1 Å². The maximum atomic E-state index is 11.9. The number of hydrogen-bond acceptors (Lipinski definition) is 6. The van der Waals surface area contributed by atoms with E-state index >= 15 is 0 Å². The van der Waals surface area contributed by atoms with Gasteiger partial charge < -0.3 is 18.9 Å². The quantitative estimate of drug-likeness (QED) is 0.527. The number of ether oxygens (including phenoxy) is 4. The summed E-state index contributed by atoms with van der Waals surface area (Å²) in [6, 6.07) is 0. The molecule has 0 spiro atoms. The molecule has 0 bridgehead atoms. The smallest absolute Gasteiger partial charge is 0.306 e. The Morgan fingerprint density at radius 2 is 1.72 bits per heavy atom. The Labute approximate surface area is 151 Å². The molecule has 1 aliphatic rings. The van der Waals surface area contributed by atoms with E-state index in [0.29, 0.717) is 39.0 Å². The Kier molecular flexibility index (Phi) is 10.0. The van der Waals surface area contributed by atoms with E-state index in [1.165, 1.54) is 0 Å². The average molecular weight is 358 g/mol. The van der Waals surface area contributed by atoms with Crippen molar-refractivity contribution in [1.82, 2.24) is 0 Å². The summed E-state index contributed by atoms with van der Waals surface area (Å²) in [5.74, 6) is -0.224. The van der Waals surface area contributed by atoms with Gasteiger partial charge in [-0.3, -0.25) is 9.59 Å². The fourth-order valence-electron chi connectivity index (χ4n) is 2.73. The van der Waals surface area contributed by atoms with Crippen molar-refractivity contribution in [2.75, 3.05) is 26.6 Å². The van der Waals surface area contributed by atoms with Crippen LogP contribution in [0.25, 0.3) is 0 Å². The number of hydrogen-bond donors (Lipinski definition) is 0. The van der Waals surface area contributed by atoms with E-state index in [-0.39, 0.29) is 36.3 Å². The summed E-state index contributed by atoms with van der Waals surface area (Å²) >= 11 is 0. The standard InChI is InChI=1S/C19H34O6/c1-5-8-16(15(3)4)25-18(21)10-7-9-17(20)24-13-19(6-2)11-22-14-23-12-19/h15-16H,5-14H2,1-4H3. The summed E-state index contributed by atoms with van der Waals surface area (Å²) in [5, 5.41) is 0. The molecule has 146 valence electrons. The lowest BCUT2D eigenvalue weighted by atomic mass is 9.87. The molecule has 1 saturated heterocycles. The molecule has 25 heavy (non-hydrogen) atoms. The molecule has 1 heterocycles. The zero-order chi connectivity index (χ0) is 18.7. The molecule has 6 heteroatoms. The van der Waals surface area contributed by atoms with Crippen LogP contribution in [0.1, 0.15) is 66.2 Å². The highest BCUT2D eigenvalue weighted by molar-refractivity contribution is 5.72. The highest BCUT2D eigenvalue weighted by Crippen LogP contribution is 2.26. The van der Waals surface area contributed by atoms with Gasteiger partial charge in [0.2, 0.25) is 0 Å². The van der Waals surface area contributed by atoms with Crippen LogP contribution in [0.5, 0.6) is 0 Å². The molecular formula is C19H34O6. The molecule has 6 nitrogen and oxygen atoms in total. The minimum Gasteiger partial charge on any atom is -0.465 e. The van der Waals surface area contributed by atoms with Gasteiger partial charge in [-0.05, 0) is 25.2 Å². The lowest BCUT2D eigenvalue weighted by molar-refractivity contribution is -0.187. The predicted octanol–water partition coefficient (Wildman–Crippen LogP) is 3.47. The SMILES string of the molecule is CCCC(OC(=O)CCCC(=O)OCC1(CC)COCOC1)C(C)C. The van der Waals surface area contributed by atoms with Crippen LogP contribution in [-0.2, 0) is 28.5 Å². The first kappa shape index (κ1) is 21.9. The maximum absolute atomic E-state index is 11.9. The fourth-order valence-corrected chi connectivity index (χ4v) is 2.73. The fraction of sp³-hybridized carbons (Fsp3) is 0.895. The van der Waals surface area contributed by atoms with E-state index in [4.69, 9.17) is 18.9 Å². The highest BCUT2D eigenvalue weighted by Gasteiger charge is 2.33. The molecule has 0 aliphatic carbocycles. The molecule has 1 atom stereocenters. The van der Waals surface area contributed by atoms with Gasteiger partial charge >= 0.3 is 11.9 Å². The van der Waals surface area contributed by atoms with Gasteiger partial charge in [-0.25, -0.2) is 0 Å². The second kappa shape index (κ2) is 11.5. The molecule has 0 saturated carbocycles. The van der Waals surface area contributed by atoms with Crippen molar-refractivity contribution in [2.24, 2.45) is 11.3 Å². The lowest BCUT2D eigenvalue weighted by Gasteiger charge is -2.35. The van der Waals surface area contributed by atoms with E-state index in [2.05, 4.69) is 6.92 Å². The number of carbonyl (C=O) groups is 2. The van der Waals surface area contributed by atoms with Gasteiger partial charge in [0.25, 0.3) is 0 Å². The topological polar surface area (TPSA) is 71.1 Å². The summed E-state index contributed by atoms with van der Waals surface area (Å²) in [4.78, 5) is 23.8. The van der Waals surface area contributed by atoms with Crippen molar-refractivity contribution in [2.45, 2.75) is 72.3 Å². The molecule has 0 aromatic carbocycles.